The molecule has 0 heterocycles. The Kier molecular flexibility index (Phi) is 7.37. The smallest absolute Gasteiger partial charge is 0.299 e. The van der Waals surface area contributed by atoms with Crippen molar-refractivity contribution in [1.29, 1.82) is 0 Å². The maximum Gasteiger partial charge on any atom is 0.496 e. The topological polar surface area (TPSA) is 37.3 Å². The van der Waals surface area contributed by atoms with Gasteiger partial charge in [0.1, 0.15) is 5.41 Å². The molecule has 0 aliphatic rings. The fraction of sp³-hybridized carbons (Fsp3) is 0.0667. The Morgan fingerprint density at radius 2 is 1.27 bits per heavy atom. The molecule has 1 unspecified atom stereocenters. The molecule has 0 amide bonds. The molecule has 2 rings (SSSR count). The van der Waals surface area contributed by atoms with Crippen molar-refractivity contribution >= 4 is 22.0 Å². The Labute approximate surface area is 132 Å². The monoisotopic (exact) mass is 347 g/mol. The average Bonchev–Trinajstić information content (AvgIpc) is 2.50. The van der Waals surface area contributed by atoms with Crippen molar-refractivity contribution in [3.05, 3.63) is 72.7 Å². The van der Waals surface area contributed by atoms with Gasteiger partial charge in [-0.25, -0.2) is 4.21 Å². The summed E-state index contributed by atoms with van der Waals surface area (Å²) >= 11 is -3.68. The summed E-state index contributed by atoms with van der Waals surface area (Å²) in [7, 11) is 0.00568. The molecule has 0 aromatic heterocycles. The highest BCUT2D eigenvalue weighted by Crippen LogP contribution is 2.23. The lowest BCUT2D eigenvalue weighted by Crippen LogP contribution is -2.14. The number of hydrogen-bond donors (Lipinski definition) is 1. The molecule has 0 radical (unpaired) electrons. The van der Waals surface area contributed by atoms with Crippen LogP contribution in [-0.2, 0) is 22.0 Å². The number of hydrogen-bond acceptors (Lipinski definition) is 1. The average molecular weight is 347 g/mol. The van der Waals surface area contributed by atoms with Gasteiger partial charge in [-0.15, -0.1) is 0 Å². The molecule has 0 aliphatic carbocycles. The van der Waals surface area contributed by atoms with E-state index >= 15 is 0 Å². The summed E-state index contributed by atoms with van der Waals surface area (Å²) in [5.74, 6) is 0. The first-order chi connectivity index (χ1) is 10.4. The zero-order valence-electron chi connectivity index (χ0n) is 11.4. The molecule has 0 aliphatic heterocycles. The van der Waals surface area contributed by atoms with E-state index in [0.29, 0.717) is 0 Å². The predicted molar refractivity (Wildman–Crippen MR) is 83.8 cm³/mol. The van der Waals surface area contributed by atoms with Gasteiger partial charge in [0.05, 0.1) is 10.9 Å². The van der Waals surface area contributed by atoms with E-state index in [2.05, 4.69) is 55.1 Å². The lowest BCUT2D eigenvalue weighted by Gasteiger charge is -2.01. The van der Waals surface area contributed by atoms with Gasteiger partial charge < -0.3 is 0 Å². The minimum atomic E-state index is -4.97. The van der Waals surface area contributed by atoms with Crippen molar-refractivity contribution in [3.8, 4) is 0 Å². The van der Waals surface area contributed by atoms with E-state index in [1.807, 2.05) is 17.5 Å². The predicted octanol–water partition coefficient (Wildman–Crippen LogP) is 4.59. The van der Waals surface area contributed by atoms with Gasteiger partial charge in [-0.1, -0.05) is 43.0 Å². The summed E-state index contributed by atoms with van der Waals surface area (Å²) < 4.78 is 48.1. The van der Waals surface area contributed by atoms with Gasteiger partial charge in [0.15, 0.2) is 9.79 Å². The van der Waals surface area contributed by atoms with Crippen molar-refractivity contribution in [1.82, 2.24) is 0 Å². The second-order valence-electron chi connectivity index (χ2n) is 3.83. The van der Waals surface area contributed by atoms with Crippen LogP contribution in [0.5, 0.6) is 0 Å². The van der Waals surface area contributed by atoms with Gasteiger partial charge in [0.2, 0.25) is 0 Å². The molecule has 22 heavy (non-hydrogen) atoms. The third-order valence-corrected chi connectivity index (χ3v) is 4.65. The second kappa shape index (κ2) is 8.77. The quantitative estimate of drug-likeness (QED) is 0.651. The molecule has 0 fully saturated rings. The van der Waals surface area contributed by atoms with Gasteiger partial charge in [-0.3, -0.25) is 4.55 Å². The largest absolute Gasteiger partial charge is 0.496 e. The number of benzene rings is 2. The molecular formula is C15H14F3O2S2+. The van der Waals surface area contributed by atoms with E-state index in [-0.39, 0.29) is 10.9 Å². The van der Waals surface area contributed by atoms with Gasteiger partial charge in [-0.2, -0.15) is 13.2 Å². The standard InChI is InChI=1S/C14H13S.CHF3O2S/c1-2-15(13-9-5-3-6-10-13)14-11-7-4-8-12-14;2-1(3,4)7(5)6/h2-12H,1H2;(H,5,6)/q+1;. The normalized spacial score (nSPS) is 12.2. The van der Waals surface area contributed by atoms with Crippen LogP contribution in [0.2, 0.25) is 0 Å². The van der Waals surface area contributed by atoms with Crippen LogP contribution in [0.4, 0.5) is 13.2 Å². The molecular weight excluding hydrogens is 333 g/mol. The molecule has 1 N–H and O–H groups in total. The maximum atomic E-state index is 10.6. The Bertz CT molecular complexity index is 562. The Balaban J connectivity index is 0.000000295. The van der Waals surface area contributed by atoms with E-state index in [1.165, 1.54) is 9.79 Å². The highest BCUT2D eigenvalue weighted by Gasteiger charge is 2.35. The van der Waals surface area contributed by atoms with Gasteiger partial charge in [0.25, 0.3) is 11.1 Å². The first-order valence-corrected chi connectivity index (χ1v) is 8.39. The molecule has 7 heteroatoms. The lowest BCUT2D eigenvalue weighted by atomic mass is 10.4. The summed E-state index contributed by atoms with van der Waals surface area (Å²) in [6, 6.07) is 21.0. The summed E-state index contributed by atoms with van der Waals surface area (Å²) in [4.78, 5) is 2.64. The third kappa shape index (κ3) is 6.05. The molecule has 0 spiro atoms. The fourth-order valence-electron chi connectivity index (χ4n) is 1.46. The molecule has 2 aromatic carbocycles. The van der Waals surface area contributed by atoms with Gasteiger partial charge in [0, 0.05) is 0 Å². The van der Waals surface area contributed by atoms with Crippen molar-refractivity contribution in [2.24, 2.45) is 0 Å². The highest BCUT2D eigenvalue weighted by atomic mass is 32.2. The van der Waals surface area contributed by atoms with E-state index in [1.54, 1.807) is 0 Å². The highest BCUT2D eigenvalue weighted by molar-refractivity contribution is 7.99. The Hall–Kier alpha value is -1.57. The van der Waals surface area contributed by atoms with Crippen molar-refractivity contribution in [2.45, 2.75) is 15.3 Å². The van der Waals surface area contributed by atoms with Crippen molar-refractivity contribution < 1.29 is 21.9 Å². The first kappa shape index (κ1) is 18.5. The fourth-order valence-corrected chi connectivity index (χ4v) is 3.02. The molecule has 0 saturated carbocycles. The van der Waals surface area contributed by atoms with E-state index in [0.717, 1.165) is 0 Å². The number of alkyl halides is 3. The minimum Gasteiger partial charge on any atom is -0.299 e. The molecule has 118 valence electrons. The van der Waals surface area contributed by atoms with Gasteiger partial charge >= 0.3 is 5.51 Å². The molecule has 2 nitrogen and oxygen atoms in total. The number of halogens is 3. The molecule has 1 atom stereocenters. The Morgan fingerprint density at radius 1 is 0.955 bits per heavy atom. The van der Waals surface area contributed by atoms with Crippen molar-refractivity contribution in [2.75, 3.05) is 0 Å². The van der Waals surface area contributed by atoms with Crippen LogP contribution in [0.15, 0.2) is 82.4 Å². The second-order valence-corrected chi connectivity index (χ2v) is 6.74. The maximum absolute atomic E-state index is 10.6. The van der Waals surface area contributed by atoms with Crippen LogP contribution in [-0.4, -0.2) is 14.3 Å². The van der Waals surface area contributed by atoms with Crippen molar-refractivity contribution in [3.63, 3.8) is 0 Å². The van der Waals surface area contributed by atoms with Crippen LogP contribution in [0.25, 0.3) is 0 Å². The van der Waals surface area contributed by atoms with E-state index in [4.69, 9.17) is 8.76 Å². The SMILES string of the molecule is C=C[S+](c1ccccc1)c1ccccc1.O=S(O)C(F)(F)F. The summed E-state index contributed by atoms with van der Waals surface area (Å²) in [6.07, 6.45) is 0. The van der Waals surface area contributed by atoms with Gasteiger partial charge in [-0.05, 0) is 24.3 Å². The first-order valence-electron chi connectivity index (χ1n) is 5.99. The van der Waals surface area contributed by atoms with Crippen LogP contribution < -0.4 is 0 Å². The lowest BCUT2D eigenvalue weighted by molar-refractivity contribution is -0.0446. The minimum absolute atomic E-state index is 0.00568. The molecule has 0 saturated heterocycles. The van der Waals surface area contributed by atoms with Crippen LogP contribution in [0.1, 0.15) is 0 Å². The molecule has 0 bridgehead atoms. The summed E-state index contributed by atoms with van der Waals surface area (Å²) in [5, 5.41) is 2.02. The van der Waals surface area contributed by atoms with E-state index in [9.17, 15) is 13.2 Å². The zero-order valence-corrected chi connectivity index (χ0v) is 13.0. The van der Waals surface area contributed by atoms with E-state index < -0.39 is 16.6 Å². The third-order valence-electron chi connectivity index (χ3n) is 2.36. The number of rotatable bonds is 3. The Morgan fingerprint density at radius 3 is 1.50 bits per heavy atom. The summed E-state index contributed by atoms with van der Waals surface area (Å²) in [6.45, 7) is 3.93. The zero-order chi connectivity index (χ0) is 16.6. The summed E-state index contributed by atoms with van der Waals surface area (Å²) in [5.41, 5.74) is -4.97. The van der Waals surface area contributed by atoms with Crippen LogP contribution in [0.3, 0.4) is 0 Å². The molecule has 2 aromatic rings. The van der Waals surface area contributed by atoms with Crippen LogP contribution in [0, 0.1) is 0 Å². The van der Waals surface area contributed by atoms with Crippen LogP contribution >= 0.6 is 0 Å².